The van der Waals surface area contributed by atoms with E-state index in [1.54, 1.807) is 14.2 Å². The molecule has 0 saturated heterocycles. The molecule has 0 aliphatic heterocycles. The van der Waals surface area contributed by atoms with Crippen LogP contribution in [0.4, 0.5) is 8.78 Å². The first-order chi connectivity index (χ1) is 10.1. The molecule has 0 heterocycles. The Balaban J connectivity index is 2.87. The van der Waals surface area contributed by atoms with Gasteiger partial charge in [0.15, 0.2) is 0 Å². The maximum atomic E-state index is 14.0. The van der Waals surface area contributed by atoms with Crippen LogP contribution in [0, 0.1) is 11.6 Å². The molecule has 6 heteroatoms. The normalized spacial score (nSPS) is 12.9. The molecule has 21 heavy (non-hydrogen) atoms. The molecule has 2 N–H and O–H groups in total. The molecule has 0 aliphatic rings. The summed E-state index contributed by atoms with van der Waals surface area (Å²) < 4.78 is 37.2. The third-order valence-electron chi connectivity index (χ3n) is 3.36. The fourth-order valence-corrected chi connectivity index (χ4v) is 2.29. The molecule has 0 aliphatic carbocycles. The first-order valence-corrected chi connectivity index (χ1v) is 7.01. The Morgan fingerprint density at radius 3 is 2.43 bits per heavy atom. The number of nitrogens with zero attached hydrogens (tertiary/aromatic N) is 1. The molecule has 0 radical (unpaired) electrons. The molecule has 1 aromatic carbocycles. The molecule has 1 atom stereocenters. The van der Waals surface area contributed by atoms with Crippen LogP contribution in [-0.2, 0) is 9.47 Å². The highest BCUT2D eigenvalue weighted by Gasteiger charge is 2.22. The molecular weight excluding hydrogens is 278 g/mol. The van der Waals surface area contributed by atoms with Crippen molar-refractivity contribution in [3.8, 4) is 0 Å². The maximum Gasteiger partial charge on any atom is 0.130 e. The fourth-order valence-electron chi connectivity index (χ4n) is 2.29. The summed E-state index contributed by atoms with van der Waals surface area (Å²) in [5.74, 6) is -1.16. The van der Waals surface area contributed by atoms with Gasteiger partial charge in [0, 0.05) is 58.1 Å². The van der Waals surface area contributed by atoms with Gasteiger partial charge in [-0.1, -0.05) is 6.07 Å². The first kappa shape index (κ1) is 18.0. The largest absolute Gasteiger partial charge is 0.385 e. The van der Waals surface area contributed by atoms with Crippen molar-refractivity contribution in [3.05, 3.63) is 35.4 Å². The topological polar surface area (TPSA) is 47.7 Å². The van der Waals surface area contributed by atoms with Crippen molar-refractivity contribution in [2.45, 2.75) is 12.5 Å². The van der Waals surface area contributed by atoms with Crippen LogP contribution in [0.5, 0.6) is 0 Å². The van der Waals surface area contributed by atoms with E-state index in [4.69, 9.17) is 15.2 Å². The van der Waals surface area contributed by atoms with Gasteiger partial charge in [0.05, 0.1) is 6.61 Å². The molecule has 1 unspecified atom stereocenters. The molecular formula is C15H24F2N2O2. The Labute approximate surface area is 124 Å². The van der Waals surface area contributed by atoms with Crippen molar-refractivity contribution in [2.75, 3.05) is 47.1 Å². The summed E-state index contributed by atoms with van der Waals surface area (Å²) in [5.41, 5.74) is 6.22. The highest BCUT2D eigenvalue weighted by molar-refractivity contribution is 5.22. The van der Waals surface area contributed by atoms with Crippen molar-refractivity contribution in [2.24, 2.45) is 5.73 Å². The lowest BCUT2D eigenvalue weighted by molar-refractivity contribution is 0.107. The van der Waals surface area contributed by atoms with E-state index in [0.717, 1.165) is 12.5 Å². The summed E-state index contributed by atoms with van der Waals surface area (Å²) in [7, 11) is 3.25. The van der Waals surface area contributed by atoms with Gasteiger partial charge in [-0.2, -0.15) is 0 Å². The smallest absolute Gasteiger partial charge is 0.130 e. The average molecular weight is 302 g/mol. The lowest BCUT2D eigenvalue weighted by Gasteiger charge is -2.31. The Bertz CT molecular complexity index is 419. The second-order valence-corrected chi connectivity index (χ2v) is 4.79. The minimum atomic E-state index is -0.588. The van der Waals surface area contributed by atoms with Gasteiger partial charge in [-0.3, -0.25) is 4.90 Å². The number of hydrogen-bond donors (Lipinski definition) is 1. The van der Waals surface area contributed by atoms with Crippen molar-refractivity contribution in [3.63, 3.8) is 0 Å². The highest BCUT2D eigenvalue weighted by Crippen LogP contribution is 2.23. The fraction of sp³-hybridized carbons (Fsp3) is 0.600. The zero-order valence-electron chi connectivity index (χ0n) is 12.6. The third kappa shape index (κ3) is 5.67. The Hall–Kier alpha value is -1.08. The predicted molar refractivity (Wildman–Crippen MR) is 78.1 cm³/mol. The van der Waals surface area contributed by atoms with Crippen LogP contribution >= 0.6 is 0 Å². The lowest BCUT2D eigenvalue weighted by atomic mass is 10.0. The highest BCUT2D eigenvalue weighted by atomic mass is 19.1. The summed E-state index contributed by atoms with van der Waals surface area (Å²) in [5, 5.41) is 0. The van der Waals surface area contributed by atoms with E-state index in [2.05, 4.69) is 0 Å². The van der Waals surface area contributed by atoms with E-state index >= 15 is 0 Å². The molecule has 120 valence electrons. The lowest BCUT2D eigenvalue weighted by Crippen LogP contribution is -2.37. The van der Waals surface area contributed by atoms with Gasteiger partial charge in [0.25, 0.3) is 0 Å². The van der Waals surface area contributed by atoms with Gasteiger partial charge in [-0.25, -0.2) is 8.78 Å². The number of hydrogen-bond acceptors (Lipinski definition) is 4. The number of nitrogens with two attached hydrogens (primary N) is 1. The van der Waals surface area contributed by atoms with E-state index in [1.165, 1.54) is 12.1 Å². The third-order valence-corrected chi connectivity index (χ3v) is 3.36. The molecule has 0 fully saturated rings. The summed E-state index contributed by atoms with van der Waals surface area (Å²) >= 11 is 0. The first-order valence-electron chi connectivity index (χ1n) is 7.01. The van der Waals surface area contributed by atoms with E-state index in [-0.39, 0.29) is 12.6 Å². The van der Waals surface area contributed by atoms with Crippen LogP contribution in [0.15, 0.2) is 18.2 Å². The van der Waals surface area contributed by atoms with Crippen molar-refractivity contribution >= 4 is 0 Å². The SMILES string of the molecule is COCCCN(CCOC)C(CN)c1ccc(F)cc1F. The standard InChI is InChI=1S/C15H24F2N2O2/c1-20-8-3-6-19(7-9-21-2)15(11-18)13-5-4-12(16)10-14(13)17/h4-5,10,15H,3,6-9,11,18H2,1-2H3. The van der Waals surface area contributed by atoms with Gasteiger partial charge in [-0.05, 0) is 12.5 Å². The average Bonchev–Trinajstić information content (AvgIpc) is 2.46. The van der Waals surface area contributed by atoms with Gasteiger partial charge in [0.2, 0.25) is 0 Å². The Morgan fingerprint density at radius 2 is 1.86 bits per heavy atom. The molecule has 1 aromatic rings. The van der Waals surface area contributed by atoms with Crippen molar-refractivity contribution in [1.29, 1.82) is 0 Å². The van der Waals surface area contributed by atoms with Crippen LogP contribution in [0.2, 0.25) is 0 Å². The molecule has 0 amide bonds. The summed E-state index contributed by atoms with van der Waals surface area (Å²) in [4.78, 5) is 2.04. The molecule has 0 bridgehead atoms. The number of methoxy groups -OCH3 is 2. The van der Waals surface area contributed by atoms with Gasteiger partial charge in [-0.15, -0.1) is 0 Å². The summed E-state index contributed by atoms with van der Waals surface area (Å²) in [6, 6.07) is 3.29. The van der Waals surface area contributed by atoms with Gasteiger partial charge in [0.1, 0.15) is 11.6 Å². The van der Waals surface area contributed by atoms with E-state index in [1.807, 2.05) is 4.90 Å². The summed E-state index contributed by atoms with van der Waals surface area (Å²) in [6.45, 7) is 2.72. The minimum absolute atomic E-state index is 0.249. The van der Waals surface area contributed by atoms with Crippen LogP contribution in [0.3, 0.4) is 0 Å². The maximum absolute atomic E-state index is 14.0. The second-order valence-electron chi connectivity index (χ2n) is 4.79. The second kappa shape index (κ2) is 9.78. The Morgan fingerprint density at radius 1 is 1.14 bits per heavy atom. The van der Waals surface area contributed by atoms with Gasteiger partial charge >= 0.3 is 0 Å². The Kier molecular flexibility index (Phi) is 8.37. The number of ether oxygens (including phenoxy) is 2. The monoisotopic (exact) mass is 302 g/mol. The zero-order chi connectivity index (χ0) is 15.7. The van der Waals surface area contributed by atoms with E-state index < -0.39 is 11.6 Å². The van der Waals surface area contributed by atoms with Crippen LogP contribution in [0.25, 0.3) is 0 Å². The molecule has 0 aromatic heterocycles. The van der Waals surface area contributed by atoms with Crippen molar-refractivity contribution in [1.82, 2.24) is 4.90 Å². The predicted octanol–water partition coefficient (Wildman–Crippen LogP) is 1.95. The minimum Gasteiger partial charge on any atom is -0.385 e. The molecule has 1 rings (SSSR count). The van der Waals surface area contributed by atoms with E-state index in [0.29, 0.717) is 31.9 Å². The van der Waals surface area contributed by atoms with Crippen LogP contribution in [0.1, 0.15) is 18.0 Å². The van der Waals surface area contributed by atoms with Crippen LogP contribution < -0.4 is 5.73 Å². The zero-order valence-corrected chi connectivity index (χ0v) is 12.6. The van der Waals surface area contributed by atoms with Crippen LogP contribution in [-0.4, -0.2) is 52.0 Å². The van der Waals surface area contributed by atoms with E-state index in [9.17, 15) is 8.78 Å². The molecule has 0 saturated carbocycles. The molecule has 4 nitrogen and oxygen atoms in total. The van der Waals surface area contributed by atoms with Gasteiger partial charge < -0.3 is 15.2 Å². The summed E-state index contributed by atoms with van der Waals surface area (Å²) in [6.07, 6.45) is 0.805. The molecule has 0 spiro atoms. The number of benzene rings is 1. The quantitative estimate of drug-likeness (QED) is 0.671. The number of halogens is 2. The van der Waals surface area contributed by atoms with Crippen molar-refractivity contribution < 1.29 is 18.3 Å². The number of rotatable bonds is 10.